The van der Waals surface area contributed by atoms with Gasteiger partial charge in [-0.2, -0.15) is 0 Å². The maximum atomic E-state index is 12.8. The van der Waals surface area contributed by atoms with Crippen molar-refractivity contribution in [2.45, 2.75) is 53.1 Å². The van der Waals surface area contributed by atoms with Gasteiger partial charge in [0, 0.05) is 16.7 Å². The van der Waals surface area contributed by atoms with Crippen molar-refractivity contribution < 1.29 is 13.2 Å². The van der Waals surface area contributed by atoms with Crippen molar-refractivity contribution in [3.05, 3.63) is 90.0 Å². The monoisotopic (exact) mass is 492 g/mol. The topological polar surface area (TPSA) is 66.5 Å². The fraction of sp³-hybridized carbons (Fsp3) is 0.345. The Kier molecular flexibility index (Phi) is 7.75. The fourth-order valence-electron chi connectivity index (χ4n) is 4.61. The number of hydrogen-bond acceptors (Lipinski definition) is 3. The largest absolute Gasteiger partial charge is 0.347 e. The molecule has 0 heterocycles. The summed E-state index contributed by atoms with van der Waals surface area (Å²) in [7, 11) is -3.56. The van der Waals surface area contributed by atoms with E-state index in [1.807, 2.05) is 80.6 Å². The fourth-order valence-corrected chi connectivity index (χ4v) is 5.51. The number of sulfonamides is 1. The Balaban J connectivity index is 1.84. The van der Waals surface area contributed by atoms with E-state index in [-0.39, 0.29) is 23.4 Å². The smallest absolute Gasteiger partial charge is 0.251 e. The van der Waals surface area contributed by atoms with Crippen molar-refractivity contribution in [1.29, 1.82) is 0 Å². The molecule has 0 aliphatic heterocycles. The Labute approximate surface area is 210 Å². The Hall–Kier alpha value is -3.12. The number of anilines is 1. The molecule has 5 nitrogen and oxygen atoms in total. The molecule has 3 rings (SSSR count). The highest BCUT2D eigenvalue weighted by Gasteiger charge is 2.27. The first-order valence-corrected chi connectivity index (χ1v) is 13.6. The van der Waals surface area contributed by atoms with Gasteiger partial charge in [-0.25, -0.2) is 8.42 Å². The molecule has 186 valence electrons. The Morgan fingerprint density at radius 2 is 1.40 bits per heavy atom. The highest BCUT2D eigenvalue weighted by Crippen LogP contribution is 2.33. The lowest BCUT2D eigenvalue weighted by Crippen LogP contribution is -2.45. The van der Waals surface area contributed by atoms with Gasteiger partial charge < -0.3 is 5.32 Å². The molecule has 0 bridgehead atoms. The molecule has 1 N–H and O–H groups in total. The van der Waals surface area contributed by atoms with E-state index in [9.17, 15) is 13.2 Å². The van der Waals surface area contributed by atoms with Crippen LogP contribution in [0.25, 0.3) is 11.1 Å². The van der Waals surface area contributed by atoms with Crippen LogP contribution in [0.5, 0.6) is 0 Å². The van der Waals surface area contributed by atoms with Crippen LogP contribution in [0.15, 0.2) is 78.9 Å². The van der Waals surface area contributed by atoms with E-state index in [1.54, 1.807) is 12.1 Å². The average Bonchev–Trinajstić information content (AvgIpc) is 2.75. The predicted molar refractivity (Wildman–Crippen MR) is 145 cm³/mol. The van der Waals surface area contributed by atoms with Gasteiger partial charge in [-0.3, -0.25) is 9.10 Å². The van der Waals surface area contributed by atoms with Gasteiger partial charge in [-0.1, -0.05) is 81.4 Å². The van der Waals surface area contributed by atoms with Crippen LogP contribution in [-0.2, 0) is 16.6 Å². The van der Waals surface area contributed by atoms with Crippen molar-refractivity contribution in [3.8, 4) is 11.1 Å². The maximum Gasteiger partial charge on any atom is 0.251 e. The zero-order valence-corrected chi connectivity index (χ0v) is 22.3. The molecule has 0 aliphatic carbocycles. The van der Waals surface area contributed by atoms with Gasteiger partial charge in [0.05, 0.1) is 18.5 Å². The van der Waals surface area contributed by atoms with E-state index < -0.39 is 10.0 Å². The van der Waals surface area contributed by atoms with E-state index >= 15 is 0 Å². The van der Waals surface area contributed by atoms with Crippen molar-refractivity contribution in [3.63, 3.8) is 0 Å². The number of nitrogens with one attached hydrogen (secondary N) is 1. The maximum absolute atomic E-state index is 12.8. The normalized spacial score (nSPS) is 12.3. The number of carbonyl (C=O) groups excluding carboxylic acids is 1. The minimum Gasteiger partial charge on any atom is -0.347 e. The zero-order chi connectivity index (χ0) is 25.9. The van der Waals surface area contributed by atoms with Gasteiger partial charge >= 0.3 is 0 Å². The summed E-state index contributed by atoms with van der Waals surface area (Å²) in [6.07, 6.45) is 2.06. The Morgan fingerprint density at radius 1 is 0.829 bits per heavy atom. The number of benzene rings is 3. The third-order valence-corrected chi connectivity index (χ3v) is 6.75. The number of amides is 1. The van der Waals surface area contributed by atoms with Gasteiger partial charge in [0.2, 0.25) is 10.0 Å². The molecule has 35 heavy (non-hydrogen) atoms. The summed E-state index contributed by atoms with van der Waals surface area (Å²) in [5.41, 5.74) is 3.49. The first-order chi connectivity index (χ1) is 16.3. The summed E-state index contributed by atoms with van der Waals surface area (Å²) >= 11 is 0. The second kappa shape index (κ2) is 10.2. The van der Waals surface area contributed by atoms with E-state index in [0.717, 1.165) is 23.1 Å². The summed E-state index contributed by atoms with van der Waals surface area (Å²) in [4.78, 5) is 12.8. The van der Waals surface area contributed by atoms with Gasteiger partial charge in [0.25, 0.3) is 5.91 Å². The molecular formula is C29H36N2O3S. The molecule has 3 aromatic carbocycles. The first-order valence-electron chi connectivity index (χ1n) is 11.8. The molecule has 0 unspecified atom stereocenters. The van der Waals surface area contributed by atoms with E-state index in [1.165, 1.54) is 10.6 Å². The lowest BCUT2D eigenvalue weighted by Gasteiger charge is -2.33. The first kappa shape index (κ1) is 26.5. The number of carbonyl (C=O) groups is 1. The van der Waals surface area contributed by atoms with Gasteiger partial charge in [-0.15, -0.1) is 0 Å². The van der Waals surface area contributed by atoms with Gasteiger partial charge in [-0.05, 0) is 55.0 Å². The third-order valence-electron chi connectivity index (χ3n) is 5.62. The molecule has 3 aromatic rings. The van der Waals surface area contributed by atoms with Crippen molar-refractivity contribution in [2.24, 2.45) is 5.41 Å². The minimum absolute atomic E-state index is 0.0891. The molecule has 0 saturated heterocycles. The second-order valence-corrected chi connectivity index (χ2v) is 12.8. The minimum atomic E-state index is -3.56. The van der Waals surface area contributed by atoms with Crippen molar-refractivity contribution in [1.82, 2.24) is 5.32 Å². The van der Waals surface area contributed by atoms with Gasteiger partial charge in [0.15, 0.2) is 0 Å². The molecule has 6 heteroatoms. The number of hydrogen-bond donors (Lipinski definition) is 1. The zero-order valence-electron chi connectivity index (χ0n) is 21.5. The Morgan fingerprint density at radius 3 is 1.97 bits per heavy atom. The Bertz CT molecular complexity index is 1260. The van der Waals surface area contributed by atoms with E-state index in [4.69, 9.17) is 0 Å². The molecule has 1 amide bonds. The van der Waals surface area contributed by atoms with Crippen LogP contribution in [0.2, 0.25) is 0 Å². The predicted octanol–water partition coefficient (Wildman–Crippen LogP) is 6.26. The van der Waals surface area contributed by atoms with Crippen LogP contribution in [0.3, 0.4) is 0 Å². The number of rotatable bonds is 8. The average molecular weight is 493 g/mol. The molecule has 0 atom stereocenters. The SMILES string of the molecule is CC(C)(C)CC(C)(C)NC(=O)c1ccc(CN(c2ccccc2-c2ccccc2)S(C)(=O)=O)cc1. The van der Waals surface area contributed by atoms with Crippen LogP contribution in [0.1, 0.15) is 57.0 Å². The van der Waals surface area contributed by atoms with E-state index in [0.29, 0.717) is 11.3 Å². The van der Waals surface area contributed by atoms with Crippen molar-refractivity contribution in [2.75, 3.05) is 10.6 Å². The lowest BCUT2D eigenvalue weighted by molar-refractivity contribution is 0.0891. The van der Waals surface area contributed by atoms with Gasteiger partial charge in [0.1, 0.15) is 0 Å². The highest BCUT2D eigenvalue weighted by molar-refractivity contribution is 7.92. The summed E-state index contributed by atoms with van der Waals surface area (Å²) in [5, 5.41) is 3.12. The van der Waals surface area contributed by atoms with Crippen LogP contribution in [0, 0.1) is 5.41 Å². The standard InChI is InChI=1S/C29H36N2O3S/c1-28(2,3)21-29(4,5)30-27(32)24-18-16-22(17-19-24)20-31(35(6,33)34)26-15-11-10-14-25(26)23-12-8-7-9-13-23/h7-19H,20-21H2,1-6H3,(H,30,32). The van der Waals surface area contributed by atoms with E-state index in [2.05, 4.69) is 26.1 Å². The number of nitrogens with zero attached hydrogens (tertiary/aromatic N) is 1. The molecule has 0 fully saturated rings. The molecule has 0 saturated carbocycles. The highest BCUT2D eigenvalue weighted by atomic mass is 32.2. The van der Waals surface area contributed by atoms with Crippen LogP contribution >= 0.6 is 0 Å². The van der Waals surface area contributed by atoms with Crippen molar-refractivity contribution >= 4 is 21.6 Å². The molecule has 0 aliphatic rings. The summed E-state index contributed by atoms with van der Waals surface area (Å²) in [6.45, 7) is 10.7. The third kappa shape index (κ3) is 7.43. The summed E-state index contributed by atoms with van der Waals surface area (Å²) in [6, 6.07) is 24.4. The molecular weight excluding hydrogens is 456 g/mol. The lowest BCUT2D eigenvalue weighted by atomic mass is 9.81. The molecule has 0 aromatic heterocycles. The molecule has 0 radical (unpaired) electrons. The number of para-hydroxylation sites is 1. The van der Waals surface area contributed by atoms with Crippen LogP contribution < -0.4 is 9.62 Å². The van der Waals surface area contributed by atoms with Crippen LogP contribution in [0.4, 0.5) is 5.69 Å². The molecule has 0 spiro atoms. The van der Waals surface area contributed by atoms with Crippen LogP contribution in [-0.4, -0.2) is 26.1 Å². The second-order valence-electron chi connectivity index (χ2n) is 10.9. The quantitative estimate of drug-likeness (QED) is 0.403. The summed E-state index contributed by atoms with van der Waals surface area (Å²) in [5.74, 6) is -0.139. The summed E-state index contributed by atoms with van der Waals surface area (Å²) < 4.78 is 27.1.